The zero-order valence-corrected chi connectivity index (χ0v) is 23.3. The van der Waals surface area contributed by atoms with Crippen LogP contribution in [0.15, 0.2) is 138 Å². The molecule has 0 aliphatic heterocycles. The lowest BCUT2D eigenvalue weighted by atomic mass is 9.99. The van der Waals surface area contributed by atoms with E-state index >= 15 is 0 Å². The highest BCUT2D eigenvalue weighted by molar-refractivity contribution is 6.12. The summed E-state index contributed by atoms with van der Waals surface area (Å²) in [4.78, 5) is 19.4. The van der Waals surface area contributed by atoms with Gasteiger partial charge in [-0.3, -0.25) is 4.98 Å². The first-order chi connectivity index (χ1) is 21.3. The Morgan fingerprint density at radius 1 is 0.581 bits per heavy atom. The first kappa shape index (κ1) is 25.1. The van der Waals surface area contributed by atoms with E-state index in [1.807, 2.05) is 66.9 Å². The second kappa shape index (κ2) is 10.6. The highest BCUT2D eigenvalue weighted by Gasteiger charge is 2.19. The van der Waals surface area contributed by atoms with Crippen LogP contribution in [-0.4, -0.2) is 19.9 Å². The summed E-state index contributed by atoms with van der Waals surface area (Å²) in [7, 11) is 0. The Balaban J connectivity index is 1.28. The number of allylic oxidation sites excluding steroid dienone is 4. The molecule has 1 aliphatic carbocycles. The summed E-state index contributed by atoms with van der Waals surface area (Å²) in [5, 5.41) is 2.03. The normalized spacial score (nSPS) is 13.0. The molecule has 0 bridgehead atoms. The van der Waals surface area contributed by atoms with Crippen LogP contribution in [0.3, 0.4) is 0 Å². The Kier molecular flexibility index (Phi) is 6.19. The summed E-state index contributed by atoms with van der Waals surface area (Å²) in [5.41, 5.74) is 8.91. The van der Waals surface area contributed by atoms with Gasteiger partial charge in [-0.05, 0) is 59.9 Å². The number of hydrogen-bond donors (Lipinski definition) is 0. The van der Waals surface area contributed by atoms with Crippen LogP contribution in [-0.2, 0) is 0 Å². The van der Waals surface area contributed by atoms with Gasteiger partial charge in [0.25, 0.3) is 0 Å². The summed E-state index contributed by atoms with van der Waals surface area (Å²) in [6, 6.07) is 37.0. The van der Waals surface area contributed by atoms with E-state index in [1.165, 1.54) is 0 Å². The number of rotatable bonds is 5. The first-order valence-corrected chi connectivity index (χ1v) is 14.5. The van der Waals surface area contributed by atoms with Crippen LogP contribution < -0.4 is 0 Å². The molecule has 0 radical (unpaired) electrons. The van der Waals surface area contributed by atoms with Crippen molar-refractivity contribution < 1.29 is 4.42 Å². The van der Waals surface area contributed by atoms with Gasteiger partial charge in [0.1, 0.15) is 11.2 Å². The van der Waals surface area contributed by atoms with Gasteiger partial charge in [0.2, 0.25) is 0 Å². The summed E-state index contributed by atoms with van der Waals surface area (Å²) in [6.45, 7) is 0. The van der Waals surface area contributed by atoms with Gasteiger partial charge in [-0.2, -0.15) is 0 Å². The largest absolute Gasteiger partial charge is 0.456 e. The van der Waals surface area contributed by atoms with Gasteiger partial charge >= 0.3 is 0 Å². The van der Waals surface area contributed by atoms with Crippen molar-refractivity contribution in [3.8, 4) is 45.2 Å². The van der Waals surface area contributed by atoms with Gasteiger partial charge < -0.3 is 4.42 Å². The van der Waals surface area contributed by atoms with E-state index in [-0.39, 0.29) is 0 Å². The molecule has 0 fully saturated rings. The number of furan rings is 1. The maximum atomic E-state index is 6.34. The van der Waals surface area contributed by atoms with Crippen molar-refractivity contribution in [3.05, 3.63) is 139 Å². The molecule has 3 heterocycles. The summed E-state index contributed by atoms with van der Waals surface area (Å²) in [6.07, 6.45) is 10.1. The zero-order valence-electron chi connectivity index (χ0n) is 23.3. The molecule has 5 nitrogen and oxygen atoms in total. The number of aromatic nitrogens is 4. The Morgan fingerprint density at radius 3 is 2.19 bits per heavy atom. The second-order valence-electron chi connectivity index (χ2n) is 10.6. The average molecular weight is 555 g/mol. The number of hydrogen-bond acceptors (Lipinski definition) is 5. The standard InChI is InChI=1S/C38H26N4O/c1-3-10-27(11-4-1)36-40-37(28-12-5-2-6-13-28)42-38(41-36)30-14-9-16-34-35(30)31-24-29(21-22-33(31)43-34)25-17-19-26(20-18-25)32-15-7-8-23-39-32/h1-5,7-12,14-24H,6,13H2. The van der Waals surface area contributed by atoms with Crippen LogP contribution >= 0.6 is 0 Å². The third-order valence-electron chi connectivity index (χ3n) is 7.88. The molecule has 0 saturated heterocycles. The quantitative estimate of drug-likeness (QED) is 0.212. The second-order valence-corrected chi connectivity index (χ2v) is 10.6. The predicted molar refractivity (Wildman–Crippen MR) is 173 cm³/mol. The van der Waals surface area contributed by atoms with Crippen molar-refractivity contribution in [2.45, 2.75) is 12.8 Å². The SMILES string of the molecule is C1=CCCC(c2nc(-c3ccccc3)nc(-c3cccc4oc5ccc(-c6ccc(-c7ccccn7)cc6)cc5c34)n2)=C1. The highest BCUT2D eigenvalue weighted by atomic mass is 16.3. The van der Waals surface area contributed by atoms with Gasteiger partial charge in [-0.25, -0.2) is 15.0 Å². The molecule has 4 aromatic carbocycles. The van der Waals surface area contributed by atoms with Crippen molar-refractivity contribution in [3.63, 3.8) is 0 Å². The van der Waals surface area contributed by atoms with Gasteiger partial charge in [-0.15, -0.1) is 0 Å². The van der Waals surface area contributed by atoms with Gasteiger partial charge in [-0.1, -0.05) is 97.1 Å². The molecule has 3 aromatic heterocycles. The molecular formula is C38H26N4O. The lowest BCUT2D eigenvalue weighted by Gasteiger charge is -2.12. The Bertz CT molecular complexity index is 2160. The topological polar surface area (TPSA) is 64.7 Å². The van der Waals surface area contributed by atoms with Crippen LogP contribution in [0, 0.1) is 0 Å². The van der Waals surface area contributed by atoms with Crippen molar-refractivity contribution in [1.29, 1.82) is 0 Å². The summed E-state index contributed by atoms with van der Waals surface area (Å²) < 4.78 is 6.34. The number of fused-ring (bicyclic) bond motifs is 3. The van der Waals surface area contributed by atoms with Crippen molar-refractivity contribution in [2.24, 2.45) is 0 Å². The molecule has 8 rings (SSSR count). The van der Waals surface area contributed by atoms with Crippen LogP contribution in [0.25, 0.3) is 72.7 Å². The molecule has 204 valence electrons. The zero-order chi connectivity index (χ0) is 28.6. The molecule has 0 amide bonds. The van der Waals surface area contributed by atoms with E-state index in [9.17, 15) is 0 Å². The molecule has 0 atom stereocenters. The molecule has 0 N–H and O–H groups in total. The van der Waals surface area contributed by atoms with E-state index in [2.05, 4.69) is 71.7 Å². The monoisotopic (exact) mass is 554 g/mol. The fourth-order valence-corrected chi connectivity index (χ4v) is 5.70. The van der Waals surface area contributed by atoms with E-state index in [4.69, 9.17) is 19.4 Å². The third-order valence-corrected chi connectivity index (χ3v) is 7.88. The molecule has 0 spiro atoms. The molecule has 43 heavy (non-hydrogen) atoms. The lowest BCUT2D eigenvalue weighted by molar-refractivity contribution is 0.669. The number of nitrogens with zero attached hydrogens (tertiary/aromatic N) is 4. The van der Waals surface area contributed by atoms with Crippen LogP contribution in [0.4, 0.5) is 0 Å². The van der Waals surface area contributed by atoms with Gasteiger partial charge in [0.15, 0.2) is 17.5 Å². The fraction of sp³-hybridized carbons (Fsp3) is 0.0526. The fourth-order valence-electron chi connectivity index (χ4n) is 5.70. The average Bonchev–Trinajstić information content (AvgIpc) is 3.47. The van der Waals surface area contributed by atoms with Crippen LogP contribution in [0.2, 0.25) is 0 Å². The van der Waals surface area contributed by atoms with E-state index in [0.29, 0.717) is 17.5 Å². The maximum absolute atomic E-state index is 6.34. The van der Waals surface area contributed by atoms with E-state index < -0.39 is 0 Å². The molecular weight excluding hydrogens is 528 g/mol. The highest BCUT2D eigenvalue weighted by Crippen LogP contribution is 2.38. The predicted octanol–water partition coefficient (Wildman–Crippen LogP) is 9.57. The van der Waals surface area contributed by atoms with E-state index in [1.54, 1.807) is 0 Å². The minimum atomic E-state index is 0.637. The lowest BCUT2D eigenvalue weighted by Crippen LogP contribution is -2.03. The van der Waals surface area contributed by atoms with E-state index in [0.717, 1.165) is 73.9 Å². The van der Waals surface area contributed by atoms with Crippen molar-refractivity contribution >= 4 is 27.5 Å². The molecule has 7 aromatic rings. The maximum Gasteiger partial charge on any atom is 0.164 e. The molecule has 5 heteroatoms. The van der Waals surface area contributed by atoms with Crippen molar-refractivity contribution in [1.82, 2.24) is 19.9 Å². The van der Waals surface area contributed by atoms with Crippen molar-refractivity contribution in [2.75, 3.05) is 0 Å². The van der Waals surface area contributed by atoms with Crippen LogP contribution in [0.1, 0.15) is 18.7 Å². The van der Waals surface area contributed by atoms with Gasteiger partial charge in [0.05, 0.1) is 5.69 Å². The van der Waals surface area contributed by atoms with Gasteiger partial charge in [0, 0.05) is 33.7 Å². The molecule has 1 aliphatic rings. The number of pyridine rings is 1. The summed E-state index contributed by atoms with van der Waals surface area (Å²) in [5.74, 6) is 2.01. The van der Waals surface area contributed by atoms with Crippen LogP contribution in [0.5, 0.6) is 0 Å². The first-order valence-electron chi connectivity index (χ1n) is 14.5. The Morgan fingerprint density at radius 2 is 1.37 bits per heavy atom. The summed E-state index contributed by atoms with van der Waals surface area (Å²) >= 11 is 0. The Hall–Kier alpha value is -5.68. The minimum absolute atomic E-state index is 0.637. The minimum Gasteiger partial charge on any atom is -0.456 e. The molecule has 0 unspecified atom stereocenters. The smallest absolute Gasteiger partial charge is 0.164 e. The molecule has 0 saturated carbocycles. The third kappa shape index (κ3) is 4.71. The number of benzene rings is 4. The Labute approximate surface area is 249 Å².